The number of carboxylic acid groups (broad SMARTS) is 1. The molecule has 0 aromatic carbocycles. The quantitative estimate of drug-likeness (QED) is 0.674. The predicted molar refractivity (Wildman–Crippen MR) is 70.8 cm³/mol. The summed E-state index contributed by atoms with van der Waals surface area (Å²) in [6.07, 6.45) is 3.29. The number of nitrogens with one attached hydrogen (secondary N) is 1. The molecule has 0 bridgehead atoms. The summed E-state index contributed by atoms with van der Waals surface area (Å²) in [5.74, 6) is -1.16. The first kappa shape index (κ1) is 15.8. The van der Waals surface area contributed by atoms with Crippen molar-refractivity contribution in [1.29, 1.82) is 0 Å². The van der Waals surface area contributed by atoms with Gasteiger partial charge in [0, 0.05) is 19.2 Å². The Morgan fingerprint density at radius 1 is 1.42 bits per heavy atom. The fraction of sp³-hybridized carbons (Fsp3) is 0.846. The van der Waals surface area contributed by atoms with Gasteiger partial charge in [-0.2, -0.15) is 0 Å². The molecule has 0 aliphatic carbocycles. The van der Waals surface area contributed by atoms with Crippen LogP contribution in [0.15, 0.2) is 0 Å². The zero-order chi connectivity index (χ0) is 14.4. The van der Waals surface area contributed by atoms with Gasteiger partial charge in [-0.05, 0) is 31.6 Å². The maximum Gasteiger partial charge on any atom is 0.326 e. The molecule has 1 unspecified atom stereocenters. The Morgan fingerprint density at radius 2 is 2.11 bits per heavy atom. The number of aliphatic carboxylic acids is 1. The standard InChI is InChI=1S/C13H24N2O4/c1-9(2)11(12(17)18)14-13(19)15-7-3-5-10(15)6-4-8-16/h9-11,16H,3-8H2,1-2H3,(H,14,19)(H,17,18)/t10?,11-/m1/s1. The minimum Gasteiger partial charge on any atom is -0.480 e. The minimum absolute atomic E-state index is 0.119. The van der Waals surface area contributed by atoms with Crippen molar-refractivity contribution in [3.05, 3.63) is 0 Å². The molecular formula is C13H24N2O4. The van der Waals surface area contributed by atoms with Gasteiger partial charge < -0.3 is 20.4 Å². The van der Waals surface area contributed by atoms with Crippen molar-refractivity contribution in [2.24, 2.45) is 5.92 Å². The highest BCUT2D eigenvalue weighted by Gasteiger charge is 2.31. The second-order valence-corrected chi connectivity index (χ2v) is 5.36. The summed E-state index contributed by atoms with van der Waals surface area (Å²) in [6.45, 7) is 4.32. The number of rotatable bonds is 6. The third-order valence-electron chi connectivity index (χ3n) is 3.55. The lowest BCUT2D eigenvalue weighted by molar-refractivity contribution is -0.140. The number of carbonyl (C=O) groups excluding carboxylic acids is 1. The number of likely N-dealkylation sites (tertiary alicyclic amines) is 1. The predicted octanol–water partition coefficient (Wildman–Crippen LogP) is 1.04. The summed E-state index contributed by atoms with van der Waals surface area (Å²) in [7, 11) is 0. The lowest BCUT2D eigenvalue weighted by Gasteiger charge is -2.27. The first-order chi connectivity index (χ1) is 8.97. The van der Waals surface area contributed by atoms with Crippen LogP contribution >= 0.6 is 0 Å². The summed E-state index contributed by atoms with van der Waals surface area (Å²) in [4.78, 5) is 24.9. The molecule has 1 saturated heterocycles. The fourth-order valence-electron chi connectivity index (χ4n) is 2.46. The molecule has 110 valence electrons. The Hall–Kier alpha value is -1.30. The second-order valence-electron chi connectivity index (χ2n) is 5.36. The lowest BCUT2D eigenvalue weighted by Crippen LogP contribution is -2.51. The number of amides is 2. The zero-order valence-electron chi connectivity index (χ0n) is 11.6. The molecule has 0 saturated carbocycles. The van der Waals surface area contributed by atoms with E-state index in [0.29, 0.717) is 13.0 Å². The molecule has 2 atom stereocenters. The molecule has 0 spiro atoms. The molecule has 19 heavy (non-hydrogen) atoms. The first-order valence-electron chi connectivity index (χ1n) is 6.88. The van der Waals surface area contributed by atoms with Crippen molar-refractivity contribution >= 4 is 12.0 Å². The van der Waals surface area contributed by atoms with E-state index in [1.807, 2.05) is 0 Å². The van der Waals surface area contributed by atoms with Crippen LogP contribution in [-0.2, 0) is 4.79 Å². The maximum atomic E-state index is 12.1. The van der Waals surface area contributed by atoms with Gasteiger partial charge in [0.25, 0.3) is 0 Å². The molecule has 2 amide bonds. The third kappa shape index (κ3) is 4.38. The number of hydrogen-bond acceptors (Lipinski definition) is 3. The van der Waals surface area contributed by atoms with E-state index in [0.717, 1.165) is 19.3 Å². The van der Waals surface area contributed by atoms with Crippen LogP contribution in [0.5, 0.6) is 0 Å². The van der Waals surface area contributed by atoms with Gasteiger partial charge in [0.2, 0.25) is 0 Å². The molecule has 6 nitrogen and oxygen atoms in total. The van der Waals surface area contributed by atoms with Gasteiger partial charge in [0.15, 0.2) is 0 Å². The number of nitrogens with zero attached hydrogens (tertiary/aromatic N) is 1. The van der Waals surface area contributed by atoms with Crippen LogP contribution in [-0.4, -0.2) is 52.3 Å². The fourth-order valence-corrected chi connectivity index (χ4v) is 2.46. The van der Waals surface area contributed by atoms with Gasteiger partial charge in [-0.3, -0.25) is 0 Å². The average Bonchev–Trinajstić information content (AvgIpc) is 2.80. The van der Waals surface area contributed by atoms with Gasteiger partial charge >= 0.3 is 12.0 Å². The minimum atomic E-state index is -1.01. The number of urea groups is 1. The molecule has 3 N–H and O–H groups in total. The Bertz CT molecular complexity index is 320. The average molecular weight is 272 g/mol. The van der Waals surface area contributed by atoms with E-state index in [2.05, 4.69) is 5.32 Å². The molecule has 1 rings (SSSR count). The van der Waals surface area contributed by atoms with E-state index in [9.17, 15) is 9.59 Å². The van der Waals surface area contributed by atoms with E-state index >= 15 is 0 Å². The smallest absolute Gasteiger partial charge is 0.326 e. The van der Waals surface area contributed by atoms with E-state index in [-0.39, 0.29) is 24.6 Å². The van der Waals surface area contributed by atoms with Crippen LogP contribution in [0.3, 0.4) is 0 Å². The SMILES string of the molecule is CC(C)[C@@H](NC(=O)N1CCCC1CCCO)C(=O)O. The van der Waals surface area contributed by atoms with E-state index in [1.165, 1.54) is 0 Å². The monoisotopic (exact) mass is 272 g/mol. The van der Waals surface area contributed by atoms with Gasteiger partial charge in [-0.1, -0.05) is 13.8 Å². The van der Waals surface area contributed by atoms with Crippen molar-refractivity contribution < 1.29 is 19.8 Å². The summed E-state index contributed by atoms with van der Waals surface area (Å²) >= 11 is 0. The second kappa shape index (κ2) is 7.33. The summed E-state index contributed by atoms with van der Waals surface area (Å²) in [6, 6.07) is -1.04. The molecular weight excluding hydrogens is 248 g/mol. The van der Waals surface area contributed by atoms with Gasteiger partial charge in [-0.25, -0.2) is 9.59 Å². The summed E-state index contributed by atoms with van der Waals surface area (Å²) < 4.78 is 0. The summed E-state index contributed by atoms with van der Waals surface area (Å²) in [5.41, 5.74) is 0. The lowest BCUT2D eigenvalue weighted by atomic mass is 10.1. The van der Waals surface area contributed by atoms with Crippen LogP contribution in [0.1, 0.15) is 39.5 Å². The topological polar surface area (TPSA) is 89.9 Å². The first-order valence-corrected chi connectivity index (χ1v) is 6.88. The third-order valence-corrected chi connectivity index (χ3v) is 3.55. The van der Waals surface area contributed by atoms with Crippen LogP contribution in [0, 0.1) is 5.92 Å². The number of hydrogen-bond donors (Lipinski definition) is 3. The van der Waals surface area contributed by atoms with Crippen molar-refractivity contribution in [1.82, 2.24) is 10.2 Å². The van der Waals surface area contributed by atoms with Crippen LogP contribution in [0.25, 0.3) is 0 Å². The highest BCUT2D eigenvalue weighted by molar-refractivity contribution is 5.83. The van der Waals surface area contributed by atoms with Gasteiger partial charge in [0.05, 0.1) is 0 Å². The molecule has 1 aliphatic heterocycles. The largest absolute Gasteiger partial charge is 0.480 e. The molecule has 0 aromatic heterocycles. The number of carboxylic acids is 1. The zero-order valence-corrected chi connectivity index (χ0v) is 11.6. The van der Waals surface area contributed by atoms with Crippen LogP contribution < -0.4 is 5.32 Å². The molecule has 1 heterocycles. The van der Waals surface area contributed by atoms with Crippen LogP contribution in [0.2, 0.25) is 0 Å². The van der Waals surface area contributed by atoms with E-state index in [1.54, 1.807) is 18.7 Å². The van der Waals surface area contributed by atoms with Crippen molar-refractivity contribution in [3.63, 3.8) is 0 Å². The number of carbonyl (C=O) groups is 2. The highest BCUT2D eigenvalue weighted by atomic mass is 16.4. The molecule has 0 aromatic rings. The number of aliphatic hydroxyl groups excluding tert-OH is 1. The molecule has 0 radical (unpaired) electrons. The molecule has 1 fully saturated rings. The Morgan fingerprint density at radius 3 is 2.63 bits per heavy atom. The Kier molecular flexibility index (Phi) is 6.08. The summed E-state index contributed by atoms with van der Waals surface area (Å²) in [5, 5.41) is 20.5. The Balaban J connectivity index is 2.58. The van der Waals surface area contributed by atoms with Gasteiger partial charge in [-0.15, -0.1) is 0 Å². The van der Waals surface area contributed by atoms with Gasteiger partial charge in [0.1, 0.15) is 6.04 Å². The highest BCUT2D eigenvalue weighted by Crippen LogP contribution is 2.21. The molecule has 1 aliphatic rings. The maximum absolute atomic E-state index is 12.1. The van der Waals surface area contributed by atoms with E-state index < -0.39 is 12.0 Å². The Labute approximate surface area is 113 Å². The van der Waals surface area contributed by atoms with Crippen molar-refractivity contribution in [3.8, 4) is 0 Å². The van der Waals surface area contributed by atoms with Crippen molar-refractivity contribution in [2.75, 3.05) is 13.2 Å². The molecule has 6 heteroatoms. The van der Waals surface area contributed by atoms with E-state index in [4.69, 9.17) is 10.2 Å². The van der Waals surface area contributed by atoms with Crippen LogP contribution in [0.4, 0.5) is 4.79 Å². The van der Waals surface area contributed by atoms with Crippen molar-refractivity contribution in [2.45, 2.75) is 51.6 Å². The normalized spacial score (nSPS) is 20.6. The number of aliphatic hydroxyl groups is 1.